The van der Waals surface area contributed by atoms with E-state index < -0.39 is 0 Å². The maximum absolute atomic E-state index is 4.67. The van der Waals surface area contributed by atoms with E-state index in [0.717, 1.165) is 30.1 Å². The van der Waals surface area contributed by atoms with E-state index in [9.17, 15) is 0 Å². The van der Waals surface area contributed by atoms with Crippen LogP contribution < -0.4 is 5.32 Å². The molecule has 1 aliphatic rings. The Morgan fingerprint density at radius 2 is 2.33 bits per heavy atom. The first-order valence-electron chi connectivity index (χ1n) is 6.31. The molecule has 0 aromatic carbocycles. The molecule has 1 N–H and O–H groups in total. The van der Waals surface area contributed by atoms with E-state index in [1.165, 1.54) is 12.0 Å². The minimum absolute atomic E-state index is 0.395. The predicted octanol–water partition coefficient (Wildman–Crippen LogP) is 1.47. The molecule has 2 aromatic rings. The summed E-state index contributed by atoms with van der Waals surface area (Å²) in [5.74, 6) is 0.728. The molecule has 3 rings (SSSR count). The van der Waals surface area contributed by atoms with Gasteiger partial charge in [0.25, 0.3) is 0 Å². The lowest BCUT2D eigenvalue weighted by molar-refractivity contribution is 0.487. The molecule has 0 radical (unpaired) electrons. The highest BCUT2D eigenvalue weighted by Gasteiger charge is 2.21. The van der Waals surface area contributed by atoms with E-state index in [4.69, 9.17) is 0 Å². The average Bonchev–Trinajstić information content (AvgIpc) is 2.84. The van der Waals surface area contributed by atoms with Gasteiger partial charge in [-0.2, -0.15) is 5.10 Å². The maximum atomic E-state index is 4.67. The second-order valence-electron chi connectivity index (χ2n) is 4.70. The van der Waals surface area contributed by atoms with Crippen LogP contribution in [0, 0.1) is 0 Å². The lowest BCUT2D eigenvalue weighted by Gasteiger charge is -2.23. The molecule has 5 heteroatoms. The van der Waals surface area contributed by atoms with Crippen molar-refractivity contribution in [2.45, 2.75) is 25.3 Å². The van der Waals surface area contributed by atoms with E-state index >= 15 is 0 Å². The number of hydrogen-bond acceptors (Lipinski definition) is 4. The van der Waals surface area contributed by atoms with Crippen LogP contribution in [-0.4, -0.2) is 26.8 Å². The molecule has 94 valence electrons. The summed E-state index contributed by atoms with van der Waals surface area (Å²) in [6.07, 6.45) is 7.24. The van der Waals surface area contributed by atoms with E-state index in [1.807, 2.05) is 32.6 Å². The summed E-state index contributed by atoms with van der Waals surface area (Å²) in [4.78, 5) is 9.11. The number of aromatic nitrogens is 4. The van der Waals surface area contributed by atoms with Gasteiger partial charge in [-0.25, -0.2) is 9.97 Å². The zero-order valence-electron chi connectivity index (χ0n) is 10.7. The van der Waals surface area contributed by atoms with Crippen molar-refractivity contribution < 1.29 is 0 Å². The molecule has 1 unspecified atom stereocenters. The van der Waals surface area contributed by atoms with Crippen molar-refractivity contribution in [3.63, 3.8) is 0 Å². The van der Waals surface area contributed by atoms with E-state index in [2.05, 4.69) is 20.4 Å². The minimum atomic E-state index is 0.395. The van der Waals surface area contributed by atoms with Gasteiger partial charge in [-0.1, -0.05) is 0 Å². The van der Waals surface area contributed by atoms with Gasteiger partial charge in [-0.15, -0.1) is 0 Å². The Morgan fingerprint density at radius 1 is 1.44 bits per heavy atom. The third-order valence-electron chi connectivity index (χ3n) is 3.47. The Labute approximate surface area is 106 Å². The highest BCUT2D eigenvalue weighted by molar-refractivity contribution is 5.48. The van der Waals surface area contributed by atoms with Crippen molar-refractivity contribution in [3.05, 3.63) is 29.7 Å². The smallest absolute Gasteiger partial charge is 0.180 e. The Kier molecular flexibility index (Phi) is 2.83. The Hall–Kier alpha value is -1.75. The fourth-order valence-electron chi connectivity index (χ4n) is 2.50. The SMILES string of the molecule is CNC1CCCc2nc(-c3ccn(C)n3)ncc21. The number of fused-ring (bicyclic) bond motifs is 1. The Morgan fingerprint density at radius 3 is 3.06 bits per heavy atom. The summed E-state index contributed by atoms with van der Waals surface area (Å²) in [5.41, 5.74) is 3.24. The molecule has 0 spiro atoms. The van der Waals surface area contributed by atoms with E-state index in [-0.39, 0.29) is 0 Å². The van der Waals surface area contributed by atoms with Crippen LogP contribution in [0.1, 0.15) is 30.1 Å². The van der Waals surface area contributed by atoms with Crippen molar-refractivity contribution in [3.8, 4) is 11.5 Å². The van der Waals surface area contributed by atoms with Crippen molar-refractivity contribution >= 4 is 0 Å². The van der Waals surface area contributed by atoms with Gasteiger partial charge in [-0.3, -0.25) is 4.68 Å². The molecule has 0 amide bonds. The highest BCUT2D eigenvalue weighted by Crippen LogP contribution is 2.28. The van der Waals surface area contributed by atoms with Gasteiger partial charge in [-0.05, 0) is 32.4 Å². The maximum Gasteiger partial charge on any atom is 0.180 e. The number of nitrogens with zero attached hydrogens (tertiary/aromatic N) is 4. The second kappa shape index (κ2) is 4.49. The zero-order chi connectivity index (χ0) is 12.5. The van der Waals surface area contributed by atoms with Crippen molar-refractivity contribution in [2.75, 3.05) is 7.05 Å². The van der Waals surface area contributed by atoms with Gasteiger partial charge in [0.15, 0.2) is 5.82 Å². The molecule has 2 aromatic heterocycles. The zero-order valence-corrected chi connectivity index (χ0v) is 10.7. The van der Waals surface area contributed by atoms with Crippen molar-refractivity contribution in [2.24, 2.45) is 7.05 Å². The standard InChI is InChI=1S/C13H17N5/c1-14-10-4-3-5-11-9(10)8-15-13(16-11)12-6-7-18(2)17-12/h6-8,10,14H,3-5H2,1-2H3. The molecule has 0 saturated heterocycles. The summed E-state index contributed by atoms with van der Waals surface area (Å²) < 4.78 is 1.77. The highest BCUT2D eigenvalue weighted by atomic mass is 15.3. The van der Waals surface area contributed by atoms with Crippen LogP contribution in [0.2, 0.25) is 0 Å². The molecule has 5 nitrogen and oxygen atoms in total. The Balaban J connectivity index is 2.00. The average molecular weight is 243 g/mol. The van der Waals surface area contributed by atoms with Crippen LogP contribution in [0.3, 0.4) is 0 Å². The fourth-order valence-corrected chi connectivity index (χ4v) is 2.50. The van der Waals surface area contributed by atoms with Gasteiger partial charge in [0.2, 0.25) is 0 Å². The summed E-state index contributed by atoms with van der Waals surface area (Å²) >= 11 is 0. The molecular formula is C13H17N5. The van der Waals surface area contributed by atoms with Crippen molar-refractivity contribution in [1.29, 1.82) is 0 Å². The summed E-state index contributed by atoms with van der Waals surface area (Å²) in [7, 11) is 3.89. The molecular weight excluding hydrogens is 226 g/mol. The van der Waals surface area contributed by atoms with Crippen LogP contribution >= 0.6 is 0 Å². The lowest BCUT2D eigenvalue weighted by atomic mass is 9.92. The van der Waals surface area contributed by atoms with Crippen LogP contribution in [-0.2, 0) is 13.5 Å². The number of nitrogens with one attached hydrogen (secondary N) is 1. The molecule has 0 aliphatic heterocycles. The first-order valence-corrected chi connectivity index (χ1v) is 6.31. The molecule has 1 aliphatic carbocycles. The molecule has 0 saturated carbocycles. The van der Waals surface area contributed by atoms with Gasteiger partial charge in [0.05, 0.1) is 0 Å². The first kappa shape index (κ1) is 11.3. The monoisotopic (exact) mass is 243 g/mol. The summed E-state index contributed by atoms with van der Waals surface area (Å²) in [5, 5.41) is 7.67. The van der Waals surface area contributed by atoms with E-state index in [0.29, 0.717) is 6.04 Å². The van der Waals surface area contributed by atoms with Gasteiger partial charge >= 0.3 is 0 Å². The largest absolute Gasteiger partial charge is 0.313 e. The Bertz CT molecular complexity index is 560. The van der Waals surface area contributed by atoms with Crippen LogP contribution in [0.5, 0.6) is 0 Å². The second-order valence-corrected chi connectivity index (χ2v) is 4.70. The summed E-state index contributed by atoms with van der Waals surface area (Å²) in [6, 6.07) is 2.34. The lowest BCUT2D eigenvalue weighted by Crippen LogP contribution is -2.22. The van der Waals surface area contributed by atoms with Gasteiger partial charge in [0.1, 0.15) is 5.69 Å². The fraction of sp³-hybridized carbons (Fsp3) is 0.462. The topological polar surface area (TPSA) is 55.6 Å². The normalized spacial score (nSPS) is 18.7. The molecule has 18 heavy (non-hydrogen) atoms. The predicted molar refractivity (Wildman–Crippen MR) is 69.0 cm³/mol. The number of aryl methyl sites for hydroxylation is 2. The third-order valence-corrected chi connectivity index (χ3v) is 3.47. The number of rotatable bonds is 2. The van der Waals surface area contributed by atoms with Gasteiger partial charge < -0.3 is 5.32 Å². The minimum Gasteiger partial charge on any atom is -0.313 e. The van der Waals surface area contributed by atoms with Crippen LogP contribution in [0.4, 0.5) is 0 Å². The molecule has 0 fully saturated rings. The summed E-state index contributed by atoms with van der Waals surface area (Å²) in [6.45, 7) is 0. The quantitative estimate of drug-likeness (QED) is 0.868. The van der Waals surface area contributed by atoms with Crippen LogP contribution in [0.15, 0.2) is 18.5 Å². The van der Waals surface area contributed by atoms with E-state index in [1.54, 1.807) is 4.68 Å². The molecule has 0 bridgehead atoms. The first-order chi connectivity index (χ1) is 8.78. The molecule has 1 atom stereocenters. The van der Waals surface area contributed by atoms with Crippen LogP contribution in [0.25, 0.3) is 11.5 Å². The van der Waals surface area contributed by atoms with Gasteiger partial charge in [0, 0.05) is 36.7 Å². The third kappa shape index (κ3) is 1.90. The number of hydrogen-bond donors (Lipinski definition) is 1. The van der Waals surface area contributed by atoms with Crippen molar-refractivity contribution in [1.82, 2.24) is 25.1 Å². The molecule has 2 heterocycles.